The van der Waals surface area contributed by atoms with Crippen LogP contribution in [0.25, 0.3) is 0 Å². The van der Waals surface area contributed by atoms with Gasteiger partial charge in [0.2, 0.25) is 0 Å². The largest absolute Gasteiger partial charge is 0.383 e. The number of thiocarbonyl (C=S) groups is 1. The van der Waals surface area contributed by atoms with Crippen LogP contribution in [0, 0.1) is 0 Å². The topological polar surface area (TPSA) is 36.5 Å². The molecule has 0 aromatic rings. The standard InChI is InChI=1S/C6H13N3OS/c1-10-3-2-9-4-7-6(11)8-5-9/h2-5H2,1H3,(H2,7,8,11). The molecular formula is C6H13N3OS. The molecule has 0 radical (unpaired) electrons. The summed E-state index contributed by atoms with van der Waals surface area (Å²) in [5.41, 5.74) is 0. The Morgan fingerprint density at radius 3 is 2.73 bits per heavy atom. The number of hydrogen-bond donors (Lipinski definition) is 2. The normalized spacial score (nSPS) is 19.2. The van der Waals surface area contributed by atoms with Crippen LogP contribution in [0.4, 0.5) is 0 Å². The van der Waals surface area contributed by atoms with Crippen LogP contribution in [0.1, 0.15) is 0 Å². The lowest BCUT2D eigenvalue weighted by Crippen LogP contribution is -2.54. The van der Waals surface area contributed by atoms with Crippen LogP contribution in [-0.4, -0.2) is 43.6 Å². The summed E-state index contributed by atoms with van der Waals surface area (Å²) in [5.74, 6) is 0. The predicted octanol–water partition coefficient (Wildman–Crippen LogP) is -0.672. The van der Waals surface area contributed by atoms with Crippen molar-refractivity contribution in [1.82, 2.24) is 15.5 Å². The van der Waals surface area contributed by atoms with Gasteiger partial charge in [-0.3, -0.25) is 4.90 Å². The highest BCUT2D eigenvalue weighted by Gasteiger charge is 2.09. The van der Waals surface area contributed by atoms with Crippen molar-refractivity contribution in [2.45, 2.75) is 0 Å². The first kappa shape index (κ1) is 8.70. The monoisotopic (exact) mass is 175 g/mol. The molecule has 1 aliphatic rings. The molecule has 0 atom stereocenters. The molecule has 0 spiro atoms. The summed E-state index contributed by atoms with van der Waals surface area (Å²) in [6.07, 6.45) is 0. The van der Waals surface area contributed by atoms with E-state index in [4.69, 9.17) is 17.0 Å². The Bertz CT molecular complexity index is 132. The highest BCUT2D eigenvalue weighted by atomic mass is 32.1. The number of nitrogens with zero attached hydrogens (tertiary/aromatic N) is 1. The summed E-state index contributed by atoms with van der Waals surface area (Å²) in [7, 11) is 1.70. The average Bonchev–Trinajstić information content (AvgIpc) is 2.04. The Morgan fingerprint density at radius 2 is 2.18 bits per heavy atom. The zero-order valence-electron chi connectivity index (χ0n) is 6.59. The van der Waals surface area contributed by atoms with E-state index in [1.165, 1.54) is 0 Å². The first-order valence-electron chi connectivity index (χ1n) is 3.56. The van der Waals surface area contributed by atoms with Gasteiger partial charge in [0.25, 0.3) is 0 Å². The van der Waals surface area contributed by atoms with Crippen LogP contribution in [-0.2, 0) is 4.74 Å². The molecule has 1 heterocycles. The lowest BCUT2D eigenvalue weighted by atomic mass is 10.5. The molecule has 5 heteroatoms. The molecule has 1 rings (SSSR count). The first-order valence-corrected chi connectivity index (χ1v) is 3.97. The van der Waals surface area contributed by atoms with Crippen LogP contribution in [0.5, 0.6) is 0 Å². The van der Waals surface area contributed by atoms with E-state index in [1.54, 1.807) is 7.11 Å². The van der Waals surface area contributed by atoms with Gasteiger partial charge in [0.1, 0.15) is 0 Å². The Morgan fingerprint density at radius 1 is 1.55 bits per heavy atom. The fourth-order valence-corrected chi connectivity index (χ4v) is 0.993. The minimum Gasteiger partial charge on any atom is -0.383 e. The molecule has 0 unspecified atom stereocenters. The second kappa shape index (κ2) is 4.48. The van der Waals surface area contributed by atoms with E-state index in [1.807, 2.05) is 0 Å². The van der Waals surface area contributed by atoms with Crippen molar-refractivity contribution in [3.8, 4) is 0 Å². The van der Waals surface area contributed by atoms with Crippen molar-refractivity contribution in [2.75, 3.05) is 33.6 Å². The number of hydrogen-bond acceptors (Lipinski definition) is 3. The van der Waals surface area contributed by atoms with Crippen LogP contribution in [0.2, 0.25) is 0 Å². The smallest absolute Gasteiger partial charge is 0.168 e. The highest BCUT2D eigenvalue weighted by molar-refractivity contribution is 7.80. The minimum absolute atomic E-state index is 0.735. The Labute approximate surface area is 71.9 Å². The van der Waals surface area contributed by atoms with Gasteiger partial charge in [-0.1, -0.05) is 0 Å². The molecule has 64 valence electrons. The Kier molecular flexibility index (Phi) is 3.55. The molecule has 0 amide bonds. The zero-order valence-corrected chi connectivity index (χ0v) is 7.41. The van der Waals surface area contributed by atoms with Crippen molar-refractivity contribution in [2.24, 2.45) is 0 Å². The van der Waals surface area contributed by atoms with Gasteiger partial charge in [-0.15, -0.1) is 0 Å². The molecule has 0 aliphatic carbocycles. The third kappa shape index (κ3) is 3.00. The van der Waals surface area contributed by atoms with Crippen molar-refractivity contribution in [3.63, 3.8) is 0 Å². The SMILES string of the molecule is COCCN1CNC(=S)NC1. The fourth-order valence-electron chi connectivity index (χ4n) is 0.864. The quantitative estimate of drug-likeness (QED) is 0.556. The molecule has 1 fully saturated rings. The van der Waals surface area contributed by atoms with Crippen LogP contribution in [0.15, 0.2) is 0 Å². The average molecular weight is 175 g/mol. The van der Waals surface area contributed by atoms with E-state index in [-0.39, 0.29) is 0 Å². The summed E-state index contributed by atoms with van der Waals surface area (Å²) in [4.78, 5) is 2.18. The zero-order chi connectivity index (χ0) is 8.10. The Hall–Kier alpha value is -0.390. The number of nitrogens with one attached hydrogen (secondary N) is 2. The molecule has 11 heavy (non-hydrogen) atoms. The van der Waals surface area contributed by atoms with Gasteiger partial charge in [0.05, 0.1) is 19.9 Å². The summed E-state index contributed by atoms with van der Waals surface area (Å²) in [6.45, 7) is 3.32. The minimum atomic E-state index is 0.735. The Balaban J connectivity index is 2.12. The van der Waals surface area contributed by atoms with Crippen molar-refractivity contribution >= 4 is 17.3 Å². The van der Waals surface area contributed by atoms with Crippen LogP contribution in [0.3, 0.4) is 0 Å². The van der Waals surface area contributed by atoms with Crippen molar-refractivity contribution in [1.29, 1.82) is 0 Å². The molecule has 0 bridgehead atoms. The number of methoxy groups -OCH3 is 1. The van der Waals surface area contributed by atoms with Gasteiger partial charge in [-0.2, -0.15) is 0 Å². The molecule has 0 aromatic heterocycles. The maximum absolute atomic E-state index is 4.94. The fraction of sp³-hybridized carbons (Fsp3) is 0.833. The van der Waals surface area contributed by atoms with E-state index in [0.717, 1.165) is 31.6 Å². The third-order valence-corrected chi connectivity index (χ3v) is 1.83. The van der Waals surface area contributed by atoms with E-state index < -0.39 is 0 Å². The van der Waals surface area contributed by atoms with Gasteiger partial charge in [0.15, 0.2) is 5.11 Å². The maximum Gasteiger partial charge on any atom is 0.168 e. The van der Waals surface area contributed by atoms with Gasteiger partial charge in [-0.05, 0) is 12.2 Å². The molecule has 1 aliphatic heterocycles. The number of ether oxygens (including phenoxy) is 1. The summed E-state index contributed by atoms with van der Waals surface area (Å²) < 4.78 is 4.94. The van der Waals surface area contributed by atoms with Gasteiger partial charge >= 0.3 is 0 Å². The van der Waals surface area contributed by atoms with Crippen molar-refractivity contribution < 1.29 is 4.74 Å². The van der Waals surface area contributed by atoms with Gasteiger partial charge < -0.3 is 15.4 Å². The van der Waals surface area contributed by atoms with E-state index in [2.05, 4.69) is 15.5 Å². The lowest BCUT2D eigenvalue weighted by molar-refractivity contribution is 0.139. The van der Waals surface area contributed by atoms with E-state index in [0.29, 0.717) is 0 Å². The second-order valence-corrected chi connectivity index (χ2v) is 2.79. The summed E-state index contributed by atoms with van der Waals surface area (Å²) in [5, 5.41) is 6.80. The molecule has 1 saturated heterocycles. The van der Waals surface area contributed by atoms with Gasteiger partial charge in [0, 0.05) is 13.7 Å². The first-order chi connectivity index (χ1) is 5.33. The van der Waals surface area contributed by atoms with Crippen LogP contribution >= 0.6 is 12.2 Å². The lowest BCUT2D eigenvalue weighted by Gasteiger charge is -2.28. The molecule has 0 aromatic carbocycles. The highest BCUT2D eigenvalue weighted by Crippen LogP contribution is 1.88. The predicted molar refractivity (Wildman–Crippen MR) is 47.2 cm³/mol. The number of rotatable bonds is 3. The van der Waals surface area contributed by atoms with E-state index in [9.17, 15) is 0 Å². The third-order valence-electron chi connectivity index (χ3n) is 1.54. The van der Waals surface area contributed by atoms with Gasteiger partial charge in [-0.25, -0.2) is 0 Å². The second-order valence-electron chi connectivity index (χ2n) is 2.39. The molecule has 4 nitrogen and oxygen atoms in total. The maximum atomic E-state index is 4.94. The summed E-state index contributed by atoms with van der Waals surface area (Å²) in [6, 6.07) is 0. The van der Waals surface area contributed by atoms with E-state index >= 15 is 0 Å². The molecule has 0 saturated carbocycles. The summed E-state index contributed by atoms with van der Waals surface area (Å²) >= 11 is 4.89. The molecule has 2 N–H and O–H groups in total. The van der Waals surface area contributed by atoms with Crippen LogP contribution < -0.4 is 10.6 Å². The molecular weight excluding hydrogens is 162 g/mol. The van der Waals surface area contributed by atoms with Crippen molar-refractivity contribution in [3.05, 3.63) is 0 Å².